The Morgan fingerprint density at radius 1 is 1.06 bits per heavy atom. The largest absolute Gasteiger partial charge is 0.486 e. The Balaban J connectivity index is 2.46. The van der Waals surface area contributed by atoms with Crippen LogP contribution in [0.2, 0.25) is 0 Å². The van der Waals surface area contributed by atoms with Gasteiger partial charge < -0.3 is 4.74 Å². The maximum absolute atomic E-state index is 11.5. The third-order valence-electron chi connectivity index (χ3n) is 2.35. The van der Waals surface area contributed by atoms with E-state index in [2.05, 4.69) is 15.9 Å². The van der Waals surface area contributed by atoms with Gasteiger partial charge in [-0.25, -0.2) is 0 Å². The topological polar surface area (TPSA) is 43.4 Å². The minimum atomic E-state index is -0.531. The summed E-state index contributed by atoms with van der Waals surface area (Å²) in [6.45, 7) is 3.64. The average molecular weight is 295 g/mol. The lowest BCUT2D eigenvalue weighted by molar-refractivity contribution is 0.238. The molecule has 0 saturated carbocycles. The number of rotatable bonds is 3. The van der Waals surface area contributed by atoms with E-state index in [4.69, 9.17) is 4.74 Å². The quantitative estimate of drug-likeness (QED) is 0.817. The molecule has 3 nitrogen and oxygen atoms in total. The van der Waals surface area contributed by atoms with Crippen molar-refractivity contribution in [2.45, 2.75) is 20.0 Å². The molecule has 0 aliphatic rings. The maximum atomic E-state index is 11.5. The van der Waals surface area contributed by atoms with Crippen molar-refractivity contribution in [1.29, 1.82) is 0 Å². The molecular formula is C13H11BrO3. The molecule has 0 aromatic heterocycles. The van der Waals surface area contributed by atoms with Crippen molar-refractivity contribution in [2.24, 2.45) is 0 Å². The molecule has 0 bridgehead atoms. The second-order valence-electron chi connectivity index (χ2n) is 4.04. The van der Waals surface area contributed by atoms with Crippen molar-refractivity contribution in [3.05, 3.63) is 49.2 Å². The van der Waals surface area contributed by atoms with Gasteiger partial charge in [0.1, 0.15) is 0 Å². The molecule has 2 aromatic rings. The molecule has 0 radical (unpaired) electrons. The molecule has 0 aliphatic carbocycles. The van der Waals surface area contributed by atoms with Crippen LogP contribution in [0.4, 0.5) is 0 Å². The van der Waals surface area contributed by atoms with Gasteiger partial charge in [-0.2, -0.15) is 0 Å². The summed E-state index contributed by atoms with van der Waals surface area (Å²) in [5.74, 6) is 0.187. The van der Waals surface area contributed by atoms with Crippen LogP contribution in [-0.2, 0) is 0 Å². The Morgan fingerprint density at radius 3 is 2.18 bits per heavy atom. The first-order chi connectivity index (χ1) is 8.00. The van der Waals surface area contributed by atoms with E-state index >= 15 is 0 Å². The normalized spacial score (nSPS) is 11.1. The molecule has 0 heterocycles. The average Bonchev–Trinajstić information content (AvgIpc) is 2.30. The van der Waals surface area contributed by atoms with E-state index in [0.29, 0.717) is 11.1 Å². The lowest BCUT2D eigenvalue weighted by Crippen LogP contribution is -2.35. The van der Waals surface area contributed by atoms with E-state index in [9.17, 15) is 9.59 Å². The van der Waals surface area contributed by atoms with Gasteiger partial charge in [0.2, 0.25) is 5.43 Å². The van der Waals surface area contributed by atoms with Crippen LogP contribution >= 0.6 is 15.9 Å². The van der Waals surface area contributed by atoms with Gasteiger partial charge in [-0.1, -0.05) is 28.1 Å². The van der Waals surface area contributed by atoms with Crippen molar-refractivity contribution in [1.82, 2.24) is 0 Å². The summed E-state index contributed by atoms with van der Waals surface area (Å²) in [5.41, 5.74) is 0.101. The van der Waals surface area contributed by atoms with Crippen molar-refractivity contribution in [3.8, 4) is 16.9 Å². The molecule has 0 unspecified atom stereocenters. The third kappa shape index (κ3) is 2.17. The zero-order valence-corrected chi connectivity index (χ0v) is 11.1. The Kier molecular flexibility index (Phi) is 3.15. The van der Waals surface area contributed by atoms with Crippen LogP contribution in [0.3, 0.4) is 0 Å². The standard InChI is InChI=1S/C13H11BrO3/c1-7(2)17-13-10(11(15)12(13)16)8-3-5-9(14)6-4-8/h3-7H,1-2H3. The monoisotopic (exact) mass is 294 g/mol. The zero-order chi connectivity index (χ0) is 12.6. The second-order valence-corrected chi connectivity index (χ2v) is 4.95. The first kappa shape index (κ1) is 12.0. The molecule has 2 rings (SSSR count). The van der Waals surface area contributed by atoms with Gasteiger partial charge in [0, 0.05) is 4.47 Å². The number of hydrogen-bond donors (Lipinski definition) is 0. The molecule has 0 spiro atoms. The van der Waals surface area contributed by atoms with Crippen LogP contribution < -0.4 is 15.6 Å². The fourth-order valence-electron chi connectivity index (χ4n) is 1.60. The van der Waals surface area contributed by atoms with Gasteiger partial charge in [-0.15, -0.1) is 0 Å². The van der Waals surface area contributed by atoms with E-state index in [1.165, 1.54) is 0 Å². The first-order valence-corrected chi connectivity index (χ1v) is 6.06. The van der Waals surface area contributed by atoms with Crippen molar-refractivity contribution in [3.63, 3.8) is 0 Å². The van der Waals surface area contributed by atoms with Crippen LogP contribution in [-0.4, -0.2) is 6.10 Å². The molecule has 0 fully saturated rings. The minimum Gasteiger partial charge on any atom is -0.486 e. The second kappa shape index (κ2) is 4.45. The Morgan fingerprint density at radius 2 is 1.65 bits per heavy atom. The van der Waals surface area contributed by atoms with E-state index in [-0.39, 0.29) is 11.9 Å². The Hall–Kier alpha value is -1.42. The summed E-state index contributed by atoms with van der Waals surface area (Å²) in [4.78, 5) is 22.9. The highest BCUT2D eigenvalue weighted by Crippen LogP contribution is 2.27. The highest BCUT2D eigenvalue weighted by atomic mass is 79.9. The number of ether oxygens (including phenoxy) is 1. The van der Waals surface area contributed by atoms with E-state index in [1.54, 1.807) is 12.1 Å². The summed E-state index contributed by atoms with van der Waals surface area (Å²) < 4.78 is 6.29. The predicted molar refractivity (Wildman–Crippen MR) is 70.3 cm³/mol. The zero-order valence-electron chi connectivity index (χ0n) is 9.49. The van der Waals surface area contributed by atoms with Crippen molar-refractivity contribution < 1.29 is 4.74 Å². The first-order valence-electron chi connectivity index (χ1n) is 5.26. The summed E-state index contributed by atoms with van der Waals surface area (Å²) in [6.07, 6.45) is -0.118. The predicted octanol–water partition coefficient (Wildman–Crippen LogP) is 2.50. The molecule has 0 N–H and O–H groups in total. The lowest BCUT2D eigenvalue weighted by Gasteiger charge is -2.15. The molecular weight excluding hydrogens is 284 g/mol. The van der Waals surface area contributed by atoms with E-state index < -0.39 is 10.9 Å². The smallest absolute Gasteiger partial charge is 0.268 e. The molecule has 0 atom stereocenters. The van der Waals surface area contributed by atoms with E-state index in [1.807, 2.05) is 26.0 Å². The van der Waals surface area contributed by atoms with Crippen LogP contribution in [0, 0.1) is 0 Å². The summed E-state index contributed by atoms with van der Waals surface area (Å²) >= 11 is 3.32. The highest BCUT2D eigenvalue weighted by molar-refractivity contribution is 9.10. The van der Waals surface area contributed by atoms with Crippen LogP contribution in [0.5, 0.6) is 5.75 Å². The molecule has 4 heteroatoms. The fourth-order valence-corrected chi connectivity index (χ4v) is 1.86. The molecule has 88 valence electrons. The van der Waals surface area contributed by atoms with Crippen LogP contribution in [0.15, 0.2) is 38.3 Å². The highest BCUT2D eigenvalue weighted by Gasteiger charge is 2.24. The van der Waals surface area contributed by atoms with Gasteiger partial charge in [0.15, 0.2) is 5.75 Å². The Bertz CT molecular complexity index is 604. The number of halogens is 1. The molecule has 2 aromatic carbocycles. The number of benzene rings is 1. The molecule has 17 heavy (non-hydrogen) atoms. The van der Waals surface area contributed by atoms with Gasteiger partial charge in [-0.05, 0) is 31.5 Å². The fraction of sp³-hybridized carbons (Fsp3) is 0.231. The van der Waals surface area contributed by atoms with Crippen LogP contribution in [0.1, 0.15) is 13.8 Å². The van der Waals surface area contributed by atoms with Crippen molar-refractivity contribution >= 4 is 15.9 Å². The summed E-state index contributed by atoms with van der Waals surface area (Å²) in [7, 11) is 0. The number of hydrogen-bond acceptors (Lipinski definition) is 3. The van der Waals surface area contributed by atoms with Gasteiger partial charge in [0.05, 0.1) is 11.7 Å². The SMILES string of the molecule is CC(C)Oc1c(-c2ccc(Br)cc2)c(=O)c1=O. The van der Waals surface area contributed by atoms with Crippen molar-refractivity contribution in [2.75, 3.05) is 0 Å². The maximum Gasteiger partial charge on any atom is 0.268 e. The Labute approximate surface area is 107 Å². The van der Waals surface area contributed by atoms with Gasteiger partial charge >= 0.3 is 0 Å². The van der Waals surface area contributed by atoms with E-state index in [0.717, 1.165) is 4.47 Å². The van der Waals surface area contributed by atoms with Gasteiger partial charge in [-0.3, -0.25) is 9.59 Å². The minimum absolute atomic E-state index is 0.118. The summed E-state index contributed by atoms with van der Waals surface area (Å²) in [6, 6.07) is 7.22. The lowest BCUT2D eigenvalue weighted by atomic mass is 10.00. The van der Waals surface area contributed by atoms with Gasteiger partial charge in [0.25, 0.3) is 5.43 Å². The molecule has 0 saturated heterocycles. The molecule has 0 aliphatic heterocycles. The summed E-state index contributed by atoms with van der Waals surface area (Å²) in [5, 5.41) is 0. The molecule has 0 amide bonds. The van der Waals surface area contributed by atoms with Crippen LogP contribution in [0.25, 0.3) is 11.1 Å². The third-order valence-corrected chi connectivity index (χ3v) is 2.88.